The molecular formula is C17H33N3O2S. The summed E-state index contributed by atoms with van der Waals surface area (Å²) in [6, 6.07) is 1.91. The minimum absolute atomic E-state index is 0.490. The molecule has 0 amide bonds. The molecular weight excluding hydrogens is 310 g/mol. The van der Waals surface area contributed by atoms with Gasteiger partial charge in [-0.1, -0.05) is 19.3 Å². The Hall–Kier alpha value is -0.170. The first-order valence-electron chi connectivity index (χ1n) is 9.47. The van der Waals surface area contributed by atoms with Crippen LogP contribution < -0.4 is 5.32 Å². The fraction of sp³-hybridized carbons (Fsp3) is 1.00. The SMILES string of the molecule is CS(=O)(=O)N1CCC(N[C@H]2CCCN(C3CCCCC3)C2)CC1. The second-order valence-electron chi connectivity index (χ2n) is 7.73. The molecule has 1 saturated carbocycles. The van der Waals surface area contributed by atoms with Crippen molar-refractivity contribution in [1.29, 1.82) is 0 Å². The van der Waals surface area contributed by atoms with Gasteiger partial charge < -0.3 is 5.32 Å². The molecule has 3 fully saturated rings. The topological polar surface area (TPSA) is 52.7 Å². The predicted molar refractivity (Wildman–Crippen MR) is 94.0 cm³/mol. The van der Waals surface area contributed by atoms with E-state index in [2.05, 4.69) is 10.2 Å². The van der Waals surface area contributed by atoms with E-state index >= 15 is 0 Å². The molecule has 0 aromatic carbocycles. The molecule has 3 aliphatic rings. The van der Waals surface area contributed by atoms with Crippen LogP contribution in [0.4, 0.5) is 0 Å². The first kappa shape index (κ1) is 17.6. The van der Waals surface area contributed by atoms with Crippen LogP contribution in [0.25, 0.3) is 0 Å². The molecule has 0 unspecified atom stereocenters. The normalized spacial score (nSPS) is 30.6. The van der Waals surface area contributed by atoms with Crippen LogP contribution in [0.5, 0.6) is 0 Å². The van der Waals surface area contributed by atoms with Gasteiger partial charge in [0.15, 0.2) is 0 Å². The number of likely N-dealkylation sites (tertiary alicyclic amines) is 1. The van der Waals surface area contributed by atoms with E-state index < -0.39 is 10.0 Å². The zero-order valence-corrected chi connectivity index (χ0v) is 15.4. The molecule has 2 aliphatic heterocycles. The summed E-state index contributed by atoms with van der Waals surface area (Å²) in [6.45, 7) is 3.82. The molecule has 1 aliphatic carbocycles. The third-order valence-corrected chi connectivity index (χ3v) is 7.24. The maximum absolute atomic E-state index is 11.6. The van der Waals surface area contributed by atoms with Crippen LogP contribution in [0.2, 0.25) is 0 Å². The highest BCUT2D eigenvalue weighted by molar-refractivity contribution is 7.88. The van der Waals surface area contributed by atoms with Gasteiger partial charge in [0.1, 0.15) is 0 Å². The summed E-state index contributed by atoms with van der Waals surface area (Å²) in [5.41, 5.74) is 0. The average Bonchev–Trinajstić information content (AvgIpc) is 2.56. The van der Waals surface area contributed by atoms with Crippen molar-refractivity contribution in [3.8, 4) is 0 Å². The fourth-order valence-corrected chi connectivity index (χ4v) is 5.48. The van der Waals surface area contributed by atoms with Crippen molar-refractivity contribution < 1.29 is 8.42 Å². The Labute approximate surface area is 141 Å². The monoisotopic (exact) mass is 343 g/mol. The van der Waals surface area contributed by atoms with E-state index in [0.717, 1.165) is 18.9 Å². The molecule has 5 nitrogen and oxygen atoms in total. The predicted octanol–water partition coefficient (Wildman–Crippen LogP) is 1.80. The highest BCUT2D eigenvalue weighted by atomic mass is 32.2. The van der Waals surface area contributed by atoms with Crippen molar-refractivity contribution in [2.75, 3.05) is 32.4 Å². The molecule has 2 heterocycles. The average molecular weight is 344 g/mol. The molecule has 2 saturated heterocycles. The molecule has 0 bridgehead atoms. The zero-order chi connectivity index (χ0) is 16.3. The summed E-state index contributed by atoms with van der Waals surface area (Å²) in [5.74, 6) is 0. The summed E-state index contributed by atoms with van der Waals surface area (Å²) in [5, 5.41) is 3.84. The molecule has 0 aromatic rings. The third kappa shape index (κ3) is 4.91. The molecule has 23 heavy (non-hydrogen) atoms. The summed E-state index contributed by atoms with van der Waals surface area (Å²) in [7, 11) is -3.01. The van der Waals surface area contributed by atoms with E-state index in [9.17, 15) is 8.42 Å². The minimum atomic E-state index is -3.01. The lowest BCUT2D eigenvalue weighted by Gasteiger charge is -2.42. The molecule has 134 valence electrons. The number of piperidine rings is 2. The van der Waals surface area contributed by atoms with Gasteiger partial charge in [0.2, 0.25) is 10.0 Å². The zero-order valence-electron chi connectivity index (χ0n) is 14.5. The van der Waals surface area contributed by atoms with E-state index in [1.54, 1.807) is 4.31 Å². The third-order valence-electron chi connectivity index (χ3n) is 5.94. The van der Waals surface area contributed by atoms with Crippen LogP contribution in [0.15, 0.2) is 0 Å². The summed E-state index contributed by atoms with van der Waals surface area (Å²) in [4.78, 5) is 2.73. The second kappa shape index (κ2) is 7.81. The first-order chi connectivity index (χ1) is 11.0. The summed E-state index contributed by atoms with van der Waals surface area (Å²) in [6.07, 6.45) is 12.8. The van der Waals surface area contributed by atoms with Crippen LogP contribution in [-0.4, -0.2) is 68.2 Å². The highest BCUT2D eigenvalue weighted by Crippen LogP contribution is 2.26. The van der Waals surface area contributed by atoms with E-state index in [0.29, 0.717) is 25.2 Å². The Morgan fingerprint density at radius 1 is 0.826 bits per heavy atom. The van der Waals surface area contributed by atoms with Crippen molar-refractivity contribution in [2.24, 2.45) is 0 Å². The van der Waals surface area contributed by atoms with Crippen LogP contribution in [0.1, 0.15) is 57.8 Å². The number of nitrogens with one attached hydrogen (secondary N) is 1. The van der Waals surface area contributed by atoms with Crippen molar-refractivity contribution >= 4 is 10.0 Å². The Morgan fingerprint density at radius 3 is 2.17 bits per heavy atom. The van der Waals surface area contributed by atoms with Crippen LogP contribution in [0.3, 0.4) is 0 Å². The van der Waals surface area contributed by atoms with Gasteiger partial charge in [-0.3, -0.25) is 4.90 Å². The number of rotatable bonds is 4. The molecule has 6 heteroatoms. The summed E-state index contributed by atoms with van der Waals surface area (Å²) >= 11 is 0. The van der Waals surface area contributed by atoms with Crippen LogP contribution >= 0.6 is 0 Å². The molecule has 0 radical (unpaired) electrons. The van der Waals surface area contributed by atoms with Crippen molar-refractivity contribution in [3.63, 3.8) is 0 Å². The van der Waals surface area contributed by atoms with Gasteiger partial charge >= 0.3 is 0 Å². The summed E-state index contributed by atoms with van der Waals surface area (Å²) < 4.78 is 24.8. The van der Waals surface area contributed by atoms with Gasteiger partial charge in [-0.25, -0.2) is 12.7 Å². The van der Waals surface area contributed by atoms with E-state index in [1.165, 1.54) is 64.3 Å². The highest BCUT2D eigenvalue weighted by Gasteiger charge is 2.30. The lowest BCUT2D eigenvalue weighted by molar-refractivity contribution is 0.103. The van der Waals surface area contributed by atoms with Gasteiger partial charge in [0.25, 0.3) is 0 Å². The quantitative estimate of drug-likeness (QED) is 0.846. The number of nitrogens with zero attached hydrogens (tertiary/aromatic N) is 2. The van der Waals surface area contributed by atoms with Crippen molar-refractivity contribution in [2.45, 2.75) is 75.9 Å². The number of hydrogen-bond acceptors (Lipinski definition) is 4. The number of sulfonamides is 1. The van der Waals surface area contributed by atoms with Crippen LogP contribution in [-0.2, 0) is 10.0 Å². The molecule has 0 aromatic heterocycles. The van der Waals surface area contributed by atoms with Gasteiger partial charge in [0.05, 0.1) is 6.26 Å². The van der Waals surface area contributed by atoms with Gasteiger partial charge in [-0.2, -0.15) is 0 Å². The lowest BCUT2D eigenvalue weighted by atomic mass is 9.91. The van der Waals surface area contributed by atoms with Crippen LogP contribution in [0, 0.1) is 0 Å². The second-order valence-corrected chi connectivity index (χ2v) is 9.71. The van der Waals surface area contributed by atoms with Crippen molar-refractivity contribution in [3.05, 3.63) is 0 Å². The van der Waals surface area contributed by atoms with E-state index in [1.807, 2.05) is 0 Å². The number of hydrogen-bond donors (Lipinski definition) is 1. The Morgan fingerprint density at radius 2 is 1.52 bits per heavy atom. The van der Waals surface area contributed by atoms with E-state index in [4.69, 9.17) is 0 Å². The first-order valence-corrected chi connectivity index (χ1v) is 11.3. The minimum Gasteiger partial charge on any atom is -0.310 e. The largest absolute Gasteiger partial charge is 0.310 e. The molecule has 1 N–H and O–H groups in total. The molecule has 0 spiro atoms. The van der Waals surface area contributed by atoms with Gasteiger partial charge in [-0.05, 0) is 45.1 Å². The Kier molecular flexibility index (Phi) is 5.99. The standard InChI is InChI=1S/C17H33N3O2S/c1-23(21,22)20-12-9-15(10-13-20)18-16-6-5-11-19(14-16)17-7-3-2-4-8-17/h15-18H,2-14H2,1H3/t16-/m0/s1. The fourth-order valence-electron chi connectivity index (χ4n) is 4.61. The maximum Gasteiger partial charge on any atom is 0.211 e. The van der Waals surface area contributed by atoms with Gasteiger partial charge in [0, 0.05) is 37.8 Å². The molecule has 1 atom stereocenters. The Bertz CT molecular complexity index is 468. The van der Waals surface area contributed by atoms with Crippen molar-refractivity contribution in [1.82, 2.24) is 14.5 Å². The Balaban J connectivity index is 1.45. The smallest absolute Gasteiger partial charge is 0.211 e. The molecule has 3 rings (SSSR count). The van der Waals surface area contributed by atoms with E-state index in [-0.39, 0.29) is 0 Å². The maximum atomic E-state index is 11.6. The lowest BCUT2D eigenvalue weighted by Crippen LogP contribution is -2.54. The van der Waals surface area contributed by atoms with Gasteiger partial charge in [-0.15, -0.1) is 0 Å².